The second kappa shape index (κ2) is 8.63. The lowest BCUT2D eigenvalue weighted by atomic mass is 10.1. The third-order valence-electron chi connectivity index (χ3n) is 4.69. The summed E-state index contributed by atoms with van der Waals surface area (Å²) < 4.78 is 0. The molecule has 0 saturated carbocycles. The van der Waals surface area contributed by atoms with Gasteiger partial charge in [-0.05, 0) is 18.2 Å². The van der Waals surface area contributed by atoms with Gasteiger partial charge in [0.05, 0.1) is 0 Å². The molecule has 1 aliphatic rings. The van der Waals surface area contributed by atoms with Crippen LogP contribution in [0.25, 0.3) is 0 Å². The minimum Gasteiger partial charge on any atom is -0.332 e. The molecular formula is C21H25N3O2. The van der Waals surface area contributed by atoms with Gasteiger partial charge in [0.2, 0.25) is 0 Å². The first-order valence-corrected chi connectivity index (χ1v) is 8.98. The van der Waals surface area contributed by atoms with E-state index in [1.807, 2.05) is 67.7 Å². The molecule has 1 fully saturated rings. The molecule has 136 valence electrons. The van der Waals surface area contributed by atoms with Gasteiger partial charge in [0.25, 0.3) is 0 Å². The van der Waals surface area contributed by atoms with E-state index in [1.54, 1.807) is 9.80 Å². The Morgan fingerprint density at radius 1 is 0.808 bits per heavy atom. The summed E-state index contributed by atoms with van der Waals surface area (Å²) in [5.41, 5.74) is 2.03. The van der Waals surface area contributed by atoms with Gasteiger partial charge in [-0.25, -0.2) is 0 Å². The standard InChI is InChI=1S/C21H25N3O2/c1-22-12-14-23(15-13-22)20(25)21(26)24(16-18-8-4-2-5-9-18)17-19-10-6-3-7-11-19/h2-11H,12-17H2,1H3. The number of carbonyl (C=O) groups is 2. The molecule has 0 radical (unpaired) electrons. The van der Waals surface area contributed by atoms with Gasteiger partial charge in [-0.1, -0.05) is 60.7 Å². The minimum atomic E-state index is -0.428. The Bertz CT molecular complexity index is 684. The number of nitrogens with zero attached hydrogens (tertiary/aromatic N) is 3. The summed E-state index contributed by atoms with van der Waals surface area (Å²) in [6, 6.07) is 19.6. The molecule has 1 aliphatic heterocycles. The van der Waals surface area contributed by atoms with Gasteiger partial charge in [0.1, 0.15) is 0 Å². The summed E-state index contributed by atoms with van der Waals surface area (Å²) in [7, 11) is 2.03. The Labute approximate surface area is 154 Å². The molecule has 2 aromatic rings. The first kappa shape index (κ1) is 18.1. The zero-order valence-electron chi connectivity index (χ0n) is 15.2. The van der Waals surface area contributed by atoms with Crippen molar-refractivity contribution in [2.75, 3.05) is 33.2 Å². The molecule has 0 aromatic heterocycles. The smallest absolute Gasteiger partial charge is 0.312 e. The highest BCUT2D eigenvalue weighted by atomic mass is 16.2. The summed E-state index contributed by atoms with van der Waals surface area (Å²) in [4.78, 5) is 31.2. The molecule has 0 aliphatic carbocycles. The highest BCUT2D eigenvalue weighted by molar-refractivity contribution is 6.34. The van der Waals surface area contributed by atoms with E-state index >= 15 is 0 Å². The van der Waals surface area contributed by atoms with Crippen LogP contribution in [0.2, 0.25) is 0 Å². The molecule has 3 rings (SSSR count). The molecule has 2 amide bonds. The number of benzene rings is 2. The molecule has 0 atom stereocenters. The van der Waals surface area contributed by atoms with Gasteiger partial charge < -0.3 is 14.7 Å². The van der Waals surface area contributed by atoms with Gasteiger partial charge in [0, 0.05) is 39.3 Å². The number of piperazine rings is 1. The molecule has 0 bridgehead atoms. The van der Waals surface area contributed by atoms with Crippen molar-refractivity contribution < 1.29 is 9.59 Å². The fourth-order valence-electron chi connectivity index (χ4n) is 3.09. The lowest BCUT2D eigenvalue weighted by molar-refractivity contribution is -0.153. The SMILES string of the molecule is CN1CCN(C(=O)C(=O)N(Cc2ccccc2)Cc2ccccc2)CC1. The Hall–Kier alpha value is -2.66. The summed E-state index contributed by atoms with van der Waals surface area (Å²) in [6.07, 6.45) is 0. The van der Waals surface area contributed by atoms with Crippen molar-refractivity contribution in [1.29, 1.82) is 0 Å². The molecule has 1 heterocycles. The van der Waals surface area contributed by atoms with Gasteiger partial charge in [-0.15, -0.1) is 0 Å². The molecule has 0 unspecified atom stereocenters. The van der Waals surface area contributed by atoms with Gasteiger partial charge in [0.15, 0.2) is 0 Å². The quantitative estimate of drug-likeness (QED) is 0.792. The van der Waals surface area contributed by atoms with Crippen LogP contribution in [0.1, 0.15) is 11.1 Å². The van der Waals surface area contributed by atoms with Crippen LogP contribution < -0.4 is 0 Å². The van der Waals surface area contributed by atoms with Gasteiger partial charge in [-0.3, -0.25) is 9.59 Å². The third kappa shape index (κ3) is 4.70. The average molecular weight is 351 g/mol. The molecule has 0 spiro atoms. The van der Waals surface area contributed by atoms with Crippen LogP contribution in [0.3, 0.4) is 0 Å². The predicted octanol–water partition coefficient (Wildman–Crippen LogP) is 1.99. The number of carbonyl (C=O) groups excluding carboxylic acids is 2. The Kier molecular flexibility index (Phi) is 6.02. The monoisotopic (exact) mass is 351 g/mol. The number of hydrogen-bond donors (Lipinski definition) is 0. The lowest BCUT2D eigenvalue weighted by Gasteiger charge is -2.33. The van der Waals surface area contributed by atoms with Crippen LogP contribution in [0.15, 0.2) is 60.7 Å². The first-order valence-electron chi connectivity index (χ1n) is 8.98. The van der Waals surface area contributed by atoms with Crippen molar-refractivity contribution in [1.82, 2.24) is 14.7 Å². The highest BCUT2D eigenvalue weighted by Crippen LogP contribution is 2.12. The van der Waals surface area contributed by atoms with E-state index in [0.29, 0.717) is 26.2 Å². The van der Waals surface area contributed by atoms with Crippen LogP contribution in [-0.2, 0) is 22.7 Å². The fraction of sp³-hybridized carbons (Fsp3) is 0.333. The van der Waals surface area contributed by atoms with Crippen molar-refractivity contribution in [2.24, 2.45) is 0 Å². The van der Waals surface area contributed by atoms with Crippen LogP contribution in [0, 0.1) is 0 Å². The van der Waals surface area contributed by atoms with Crippen molar-refractivity contribution >= 4 is 11.8 Å². The number of amides is 2. The average Bonchev–Trinajstić information content (AvgIpc) is 2.68. The van der Waals surface area contributed by atoms with Crippen LogP contribution >= 0.6 is 0 Å². The maximum atomic E-state index is 13.0. The normalized spacial score (nSPS) is 14.9. The van der Waals surface area contributed by atoms with E-state index in [9.17, 15) is 9.59 Å². The zero-order valence-corrected chi connectivity index (χ0v) is 15.2. The van der Waals surface area contributed by atoms with E-state index in [4.69, 9.17) is 0 Å². The number of likely N-dealkylation sites (N-methyl/N-ethyl adjacent to an activating group) is 1. The molecule has 1 saturated heterocycles. The van der Waals surface area contributed by atoms with Crippen molar-refractivity contribution in [3.8, 4) is 0 Å². The summed E-state index contributed by atoms with van der Waals surface area (Å²) >= 11 is 0. The van der Waals surface area contributed by atoms with Crippen molar-refractivity contribution in [3.05, 3.63) is 71.8 Å². The van der Waals surface area contributed by atoms with Crippen LogP contribution in [-0.4, -0.2) is 59.7 Å². The molecular weight excluding hydrogens is 326 g/mol. The third-order valence-corrected chi connectivity index (χ3v) is 4.69. The van der Waals surface area contributed by atoms with E-state index in [-0.39, 0.29) is 0 Å². The molecule has 0 N–H and O–H groups in total. The van der Waals surface area contributed by atoms with Gasteiger partial charge >= 0.3 is 11.8 Å². The Balaban J connectivity index is 1.75. The minimum absolute atomic E-state index is 0.398. The maximum Gasteiger partial charge on any atom is 0.312 e. The molecule has 26 heavy (non-hydrogen) atoms. The maximum absolute atomic E-state index is 13.0. The second-order valence-electron chi connectivity index (χ2n) is 6.73. The fourth-order valence-corrected chi connectivity index (χ4v) is 3.09. The summed E-state index contributed by atoms with van der Waals surface area (Å²) in [6.45, 7) is 3.66. The molecule has 5 nitrogen and oxygen atoms in total. The van der Waals surface area contributed by atoms with E-state index in [2.05, 4.69) is 4.90 Å². The van der Waals surface area contributed by atoms with Crippen molar-refractivity contribution in [2.45, 2.75) is 13.1 Å². The predicted molar refractivity (Wildman–Crippen MR) is 101 cm³/mol. The number of hydrogen-bond acceptors (Lipinski definition) is 3. The zero-order chi connectivity index (χ0) is 18.4. The van der Waals surface area contributed by atoms with Crippen LogP contribution in [0.5, 0.6) is 0 Å². The van der Waals surface area contributed by atoms with E-state index in [0.717, 1.165) is 24.2 Å². The van der Waals surface area contributed by atoms with Gasteiger partial charge in [-0.2, -0.15) is 0 Å². The summed E-state index contributed by atoms with van der Waals surface area (Å²) in [5.74, 6) is -0.827. The molecule has 2 aromatic carbocycles. The van der Waals surface area contributed by atoms with E-state index < -0.39 is 11.8 Å². The van der Waals surface area contributed by atoms with Crippen molar-refractivity contribution in [3.63, 3.8) is 0 Å². The number of rotatable bonds is 4. The largest absolute Gasteiger partial charge is 0.332 e. The topological polar surface area (TPSA) is 43.9 Å². The Morgan fingerprint density at radius 3 is 1.73 bits per heavy atom. The molecule has 5 heteroatoms. The van der Waals surface area contributed by atoms with Crippen LogP contribution in [0.4, 0.5) is 0 Å². The second-order valence-corrected chi connectivity index (χ2v) is 6.73. The highest BCUT2D eigenvalue weighted by Gasteiger charge is 2.29. The summed E-state index contributed by atoms with van der Waals surface area (Å²) in [5, 5.41) is 0. The first-order chi connectivity index (χ1) is 12.6. The Morgan fingerprint density at radius 2 is 1.27 bits per heavy atom. The van der Waals surface area contributed by atoms with E-state index in [1.165, 1.54) is 0 Å². The lowest BCUT2D eigenvalue weighted by Crippen LogP contribution is -2.52.